The fourth-order valence-corrected chi connectivity index (χ4v) is 3.52. The number of methoxy groups -OCH3 is 3. The van der Waals surface area contributed by atoms with Crippen LogP contribution in [0.2, 0.25) is 0 Å². The Morgan fingerprint density at radius 1 is 0.903 bits per heavy atom. The molecule has 1 aliphatic rings. The number of carbonyl (C=O) groups excluding carboxylic acids is 2. The van der Waals surface area contributed by atoms with E-state index in [0.717, 1.165) is 5.56 Å². The third-order valence-corrected chi connectivity index (χ3v) is 5.25. The third kappa shape index (κ3) is 5.64. The van der Waals surface area contributed by atoms with Gasteiger partial charge in [-0.1, -0.05) is 30.3 Å². The first kappa shape index (κ1) is 22.4. The first-order valence-electron chi connectivity index (χ1n) is 10.1. The van der Waals surface area contributed by atoms with Gasteiger partial charge in [0.1, 0.15) is 0 Å². The molecule has 1 fully saturated rings. The Morgan fingerprint density at radius 3 is 2.06 bits per heavy atom. The maximum Gasteiger partial charge on any atom is 0.246 e. The van der Waals surface area contributed by atoms with Gasteiger partial charge in [0.05, 0.1) is 27.9 Å². The standard InChI is InChI=1S/C24H28N2O5/c1-29-21-15-18(16-22(30-2)24(21)31-3)9-10-23(28)26-13-11-25(12-14-26)17-20(27)19-7-5-4-6-8-19/h4-10,15-16H,11-14,17H2,1-3H3. The number of ketones is 1. The van der Waals surface area contributed by atoms with Crippen molar-refractivity contribution in [1.29, 1.82) is 0 Å². The number of ether oxygens (including phenoxy) is 3. The molecule has 7 nitrogen and oxygen atoms in total. The summed E-state index contributed by atoms with van der Waals surface area (Å²) in [5.41, 5.74) is 1.49. The van der Waals surface area contributed by atoms with E-state index in [0.29, 0.717) is 55.5 Å². The lowest BCUT2D eigenvalue weighted by atomic mass is 10.1. The molecular formula is C24H28N2O5. The molecule has 2 aromatic rings. The highest BCUT2D eigenvalue weighted by molar-refractivity contribution is 5.97. The van der Waals surface area contributed by atoms with Crippen LogP contribution in [0.1, 0.15) is 15.9 Å². The van der Waals surface area contributed by atoms with Crippen LogP contribution in [0, 0.1) is 0 Å². The summed E-state index contributed by atoms with van der Waals surface area (Å²) < 4.78 is 16.0. The molecule has 0 unspecified atom stereocenters. The molecule has 0 bridgehead atoms. The lowest BCUT2D eigenvalue weighted by Crippen LogP contribution is -2.49. The van der Waals surface area contributed by atoms with Crippen molar-refractivity contribution < 1.29 is 23.8 Å². The maximum atomic E-state index is 12.6. The van der Waals surface area contributed by atoms with E-state index in [1.54, 1.807) is 50.5 Å². The van der Waals surface area contributed by atoms with Gasteiger partial charge in [-0.3, -0.25) is 14.5 Å². The largest absolute Gasteiger partial charge is 0.493 e. The molecule has 164 valence electrons. The van der Waals surface area contributed by atoms with Gasteiger partial charge in [0.25, 0.3) is 0 Å². The maximum absolute atomic E-state index is 12.6. The Bertz CT molecular complexity index is 909. The molecule has 31 heavy (non-hydrogen) atoms. The van der Waals surface area contributed by atoms with E-state index in [4.69, 9.17) is 14.2 Å². The van der Waals surface area contributed by atoms with Gasteiger partial charge >= 0.3 is 0 Å². The van der Waals surface area contributed by atoms with Crippen LogP contribution < -0.4 is 14.2 Å². The first-order valence-corrected chi connectivity index (χ1v) is 10.1. The van der Waals surface area contributed by atoms with Crippen LogP contribution in [-0.4, -0.2) is 75.5 Å². The minimum atomic E-state index is -0.0669. The van der Waals surface area contributed by atoms with Crippen molar-refractivity contribution in [2.75, 3.05) is 54.1 Å². The van der Waals surface area contributed by atoms with E-state index >= 15 is 0 Å². The van der Waals surface area contributed by atoms with Crippen molar-refractivity contribution in [2.24, 2.45) is 0 Å². The molecule has 2 aromatic carbocycles. The van der Waals surface area contributed by atoms with Crippen molar-refractivity contribution in [3.05, 3.63) is 59.7 Å². The van der Waals surface area contributed by atoms with Gasteiger partial charge in [0, 0.05) is 37.8 Å². The Balaban J connectivity index is 1.56. The monoisotopic (exact) mass is 424 g/mol. The number of Topliss-reactive ketones (excluding diaryl/α,β-unsaturated/α-hetero) is 1. The van der Waals surface area contributed by atoms with Crippen molar-refractivity contribution in [2.45, 2.75) is 0 Å². The lowest BCUT2D eigenvalue weighted by Gasteiger charge is -2.33. The van der Waals surface area contributed by atoms with Gasteiger partial charge in [-0.25, -0.2) is 0 Å². The van der Waals surface area contributed by atoms with E-state index in [-0.39, 0.29) is 11.7 Å². The van der Waals surface area contributed by atoms with Crippen LogP contribution in [0.15, 0.2) is 48.5 Å². The van der Waals surface area contributed by atoms with Crippen LogP contribution >= 0.6 is 0 Å². The Morgan fingerprint density at radius 2 is 1.52 bits per heavy atom. The molecule has 7 heteroatoms. The summed E-state index contributed by atoms with van der Waals surface area (Å²) in [5.74, 6) is 1.61. The zero-order valence-corrected chi connectivity index (χ0v) is 18.2. The molecule has 0 spiro atoms. The molecule has 1 saturated heterocycles. The smallest absolute Gasteiger partial charge is 0.246 e. The summed E-state index contributed by atoms with van der Waals surface area (Å²) in [5, 5.41) is 0. The topological polar surface area (TPSA) is 68.3 Å². The van der Waals surface area contributed by atoms with E-state index in [1.807, 2.05) is 30.3 Å². The van der Waals surface area contributed by atoms with Gasteiger partial charge in [-0.05, 0) is 23.8 Å². The van der Waals surface area contributed by atoms with Crippen molar-refractivity contribution in [1.82, 2.24) is 9.80 Å². The Kier molecular flexibility index (Phi) is 7.67. The molecule has 0 saturated carbocycles. The molecule has 0 radical (unpaired) electrons. The highest BCUT2D eigenvalue weighted by Gasteiger charge is 2.21. The number of amides is 1. The molecular weight excluding hydrogens is 396 g/mol. The van der Waals surface area contributed by atoms with Gasteiger partial charge < -0.3 is 19.1 Å². The quantitative estimate of drug-likeness (QED) is 0.480. The van der Waals surface area contributed by atoms with Gasteiger partial charge in [-0.15, -0.1) is 0 Å². The molecule has 1 aliphatic heterocycles. The predicted octanol–water partition coefficient (Wildman–Crippen LogP) is 2.75. The highest BCUT2D eigenvalue weighted by Crippen LogP contribution is 2.38. The van der Waals surface area contributed by atoms with Crippen molar-refractivity contribution >= 4 is 17.8 Å². The number of hydrogen-bond donors (Lipinski definition) is 0. The summed E-state index contributed by atoms with van der Waals surface area (Å²) in [4.78, 5) is 28.9. The van der Waals surface area contributed by atoms with Gasteiger partial charge in [-0.2, -0.15) is 0 Å². The van der Waals surface area contributed by atoms with Crippen LogP contribution in [0.3, 0.4) is 0 Å². The summed E-state index contributed by atoms with van der Waals surface area (Å²) in [6, 6.07) is 12.9. The number of benzene rings is 2. The number of carbonyl (C=O) groups is 2. The normalized spacial score (nSPS) is 14.5. The molecule has 1 amide bonds. The molecule has 0 aliphatic carbocycles. The summed E-state index contributed by atoms with van der Waals surface area (Å²) in [7, 11) is 4.66. The molecule has 1 heterocycles. The average molecular weight is 424 g/mol. The SMILES string of the molecule is COc1cc(C=CC(=O)N2CCN(CC(=O)c3ccccc3)CC2)cc(OC)c1OC. The second-order valence-corrected chi connectivity index (χ2v) is 7.18. The average Bonchev–Trinajstić information content (AvgIpc) is 2.82. The second kappa shape index (κ2) is 10.6. The molecule has 3 rings (SSSR count). The van der Waals surface area contributed by atoms with Crippen molar-refractivity contribution in [3.8, 4) is 17.2 Å². The number of rotatable bonds is 8. The van der Waals surface area contributed by atoms with Crippen LogP contribution in [0.5, 0.6) is 17.2 Å². The number of hydrogen-bond acceptors (Lipinski definition) is 6. The minimum Gasteiger partial charge on any atom is -0.493 e. The van der Waals surface area contributed by atoms with Crippen molar-refractivity contribution in [3.63, 3.8) is 0 Å². The molecule has 0 atom stereocenters. The number of piperazine rings is 1. The zero-order valence-electron chi connectivity index (χ0n) is 18.2. The van der Waals surface area contributed by atoms with E-state index in [1.165, 1.54) is 0 Å². The van der Waals surface area contributed by atoms with Gasteiger partial charge in [0.15, 0.2) is 17.3 Å². The van der Waals surface area contributed by atoms with E-state index in [9.17, 15) is 9.59 Å². The van der Waals surface area contributed by atoms with Crippen LogP contribution in [-0.2, 0) is 4.79 Å². The summed E-state index contributed by atoms with van der Waals surface area (Å²) in [6.45, 7) is 2.87. The zero-order chi connectivity index (χ0) is 22.2. The number of nitrogens with zero attached hydrogens (tertiary/aromatic N) is 2. The molecule has 0 N–H and O–H groups in total. The van der Waals surface area contributed by atoms with Crippen LogP contribution in [0.25, 0.3) is 6.08 Å². The second-order valence-electron chi connectivity index (χ2n) is 7.18. The van der Waals surface area contributed by atoms with E-state index in [2.05, 4.69) is 4.90 Å². The third-order valence-electron chi connectivity index (χ3n) is 5.25. The Labute approximate surface area is 182 Å². The Hall–Kier alpha value is -3.32. The van der Waals surface area contributed by atoms with Crippen LogP contribution in [0.4, 0.5) is 0 Å². The fraction of sp³-hybridized carbons (Fsp3) is 0.333. The fourth-order valence-electron chi connectivity index (χ4n) is 3.52. The highest BCUT2D eigenvalue weighted by atomic mass is 16.5. The summed E-state index contributed by atoms with van der Waals surface area (Å²) >= 11 is 0. The predicted molar refractivity (Wildman–Crippen MR) is 119 cm³/mol. The van der Waals surface area contributed by atoms with Gasteiger partial charge in [0.2, 0.25) is 11.7 Å². The minimum absolute atomic E-state index is 0.0669. The lowest BCUT2D eigenvalue weighted by molar-refractivity contribution is -0.127. The first-order chi connectivity index (χ1) is 15.0. The van der Waals surface area contributed by atoms with E-state index < -0.39 is 0 Å². The molecule has 0 aromatic heterocycles. The summed E-state index contributed by atoms with van der Waals surface area (Å²) in [6.07, 6.45) is 3.28.